The van der Waals surface area contributed by atoms with E-state index in [9.17, 15) is 22.5 Å². The zero-order valence-corrected chi connectivity index (χ0v) is 13.2. The van der Waals surface area contributed by atoms with Gasteiger partial charge in [0.1, 0.15) is 6.29 Å². The second-order valence-corrected chi connectivity index (χ2v) is 6.34. The van der Waals surface area contributed by atoms with Crippen LogP contribution in [0.2, 0.25) is 0 Å². The number of rotatable bonds is 4. The standard InChI is InChI=1S/C17H11F3NO2S/c1-11-13(6-7-22)8-14(17(18,19)20)9-16(11)24(23)15-4-2-12(10-21)3-5-15/h2-9H,1H3. The molecule has 1 atom stereocenters. The Balaban J connectivity index is 2.56. The Bertz CT molecular complexity index is 795. The summed E-state index contributed by atoms with van der Waals surface area (Å²) >= 11 is -1.87. The first-order valence-corrected chi connectivity index (χ1v) is 7.85. The topological polar surface area (TPSA) is 63.9 Å². The maximum Gasteiger partial charge on any atom is 0.416 e. The molecule has 2 aromatic rings. The molecule has 0 fully saturated rings. The average molecular weight is 350 g/mol. The summed E-state index contributed by atoms with van der Waals surface area (Å²) in [6, 6.07) is 9.32. The van der Waals surface area contributed by atoms with Crippen LogP contribution in [-0.4, -0.2) is 10.8 Å². The van der Waals surface area contributed by atoms with E-state index in [1.165, 1.54) is 31.2 Å². The highest BCUT2D eigenvalue weighted by molar-refractivity contribution is 7.91. The quantitative estimate of drug-likeness (QED) is 0.622. The Morgan fingerprint density at radius 3 is 2.33 bits per heavy atom. The first-order chi connectivity index (χ1) is 11.3. The minimum absolute atomic E-state index is 0.0253. The largest absolute Gasteiger partial charge is 0.606 e. The Morgan fingerprint density at radius 2 is 1.83 bits per heavy atom. The summed E-state index contributed by atoms with van der Waals surface area (Å²) in [7, 11) is 0. The number of halogens is 3. The summed E-state index contributed by atoms with van der Waals surface area (Å²) in [6.07, 6.45) is -3.23. The molecule has 123 valence electrons. The Morgan fingerprint density at radius 1 is 1.21 bits per heavy atom. The number of carbonyl (C=O) groups excluding carboxylic acids is 1. The zero-order valence-electron chi connectivity index (χ0n) is 12.4. The van der Waals surface area contributed by atoms with Crippen molar-refractivity contribution in [3.05, 3.63) is 65.1 Å². The van der Waals surface area contributed by atoms with Gasteiger partial charge in [-0.3, -0.25) is 0 Å². The SMILES string of the molecule is Cc1c([CH]C=O)cc(C(F)(F)F)cc1[S+]([O-])c1ccc(C#N)cc1. The lowest BCUT2D eigenvalue weighted by Crippen LogP contribution is -2.12. The van der Waals surface area contributed by atoms with Gasteiger partial charge < -0.3 is 9.35 Å². The fourth-order valence-electron chi connectivity index (χ4n) is 2.09. The highest BCUT2D eigenvalue weighted by Gasteiger charge is 2.34. The molecular formula is C17H11F3NO2S. The molecule has 0 N–H and O–H groups in total. The lowest BCUT2D eigenvalue weighted by Gasteiger charge is -2.17. The number of aldehydes is 1. The molecule has 0 spiro atoms. The molecule has 0 saturated carbocycles. The fourth-order valence-corrected chi connectivity index (χ4v) is 3.36. The highest BCUT2D eigenvalue weighted by atomic mass is 32.2. The third-order valence-electron chi connectivity index (χ3n) is 3.37. The van der Waals surface area contributed by atoms with Gasteiger partial charge in [-0.05, 0) is 42.8 Å². The van der Waals surface area contributed by atoms with Crippen LogP contribution in [0, 0.1) is 24.7 Å². The van der Waals surface area contributed by atoms with E-state index in [1.54, 1.807) is 0 Å². The average Bonchev–Trinajstić information content (AvgIpc) is 2.55. The number of hydrogen-bond donors (Lipinski definition) is 0. The molecule has 1 radical (unpaired) electrons. The van der Waals surface area contributed by atoms with Gasteiger partial charge in [0.05, 0.1) is 23.6 Å². The van der Waals surface area contributed by atoms with Crippen molar-refractivity contribution in [1.29, 1.82) is 5.26 Å². The molecular weight excluding hydrogens is 339 g/mol. The van der Waals surface area contributed by atoms with Crippen molar-refractivity contribution in [2.45, 2.75) is 22.9 Å². The van der Waals surface area contributed by atoms with Gasteiger partial charge in [-0.25, -0.2) is 0 Å². The smallest absolute Gasteiger partial charge is 0.416 e. The summed E-state index contributed by atoms with van der Waals surface area (Å²) in [6.45, 7) is 1.51. The summed E-state index contributed by atoms with van der Waals surface area (Å²) < 4.78 is 51.8. The van der Waals surface area contributed by atoms with Gasteiger partial charge in [-0.15, -0.1) is 0 Å². The Labute approximate surface area is 139 Å². The van der Waals surface area contributed by atoms with Gasteiger partial charge in [0.2, 0.25) is 0 Å². The maximum absolute atomic E-state index is 13.0. The number of nitriles is 1. The number of hydrogen-bond acceptors (Lipinski definition) is 3. The molecule has 0 aliphatic carbocycles. The monoisotopic (exact) mass is 350 g/mol. The molecule has 1 unspecified atom stereocenters. The fraction of sp³-hybridized carbons (Fsp3) is 0.118. The summed E-state index contributed by atoms with van der Waals surface area (Å²) in [5.74, 6) is 0. The van der Waals surface area contributed by atoms with E-state index in [0.29, 0.717) is 17.4 Å². The molecule has 3 nitrogen and oxygen atoms in total. The van der Waals surface area contributed by atoms with Crippen molar-refractivity contribution in [2.24, 2.45) is 0 Å². The van der Waals surface area contributed by atoms with E-state index in [0.717, 1.165) is 18.6 Å². The molecule has 7 heteroatoms. The van der Waals surface area contributed by atoms with Crippen molar-refractivity contribution >= 4 is 17.5 Å². The van der Waals surface area contributed by atoms with E-state index in [4.69, 9.17) is 5.26 Å². The number of benzene rings is 2. The predicted octanol–water partition coefficient (Wildman–Crippen LogP) is 3.80. The number of nitrogens with zero attached hydrogens (tertiary/aromatic N) is 1. The van der Waals surface area contributed by atoms with Gasteiger partial charge in [0, 0.05) is 22.8 Å². The minimum Gasteiger partial charge on any atom is -0.606 e. The normalized spacial score (nSPS) is 12.5. The van der Waals surface area contributed by atoms with Gasteiger partial charge in [0.25, 0.3) is 0 Å². The van der Waals surface area contributed by atoms with Gasteiger partial charge in [-0.2, -0.15) is 18.4 Å². The van der Waals surface area contributed by atoms with E-state index in [1.807, 2.05) is 6.07 Å². The summed E-state index contributed by atoms with van der Waals surface area (Å²) in [4.78, 5) is 10.9. The predicted molar refractivity (Wildman–Crippen MR) is 81.5 cm³/mol. The van der Waals surface area contributed by atoms with Crippen molar-refractivity contribution in [1.82, 2.24) is 0 Å². The molecule has 0 aromatic heterocycles. The molecule has 0 heterocycles. The minimum atomic E-state index is -4.62. The highest BCUT2D eigenvalue weighted by Crippen LogP contribution is 2.35. The molecule has 0 bridgehead atoms. The Hall–Kier alpha value is -2.30. The van der Waals surface area contributed by atoms with Crippen LogP contribution in [0.3, 0.4) is 0 Å². The van der Waals surface area contributed by atoms with Gasteiger partial charge in [0.15, 0.2) is 9.79 Å². The van der Waals surface area contributed by atoms with E-state index >= 15 is 0 Å². The van der Waals surface area contributed by atoms with Crippen LogP contribution in [0.15, 0.2) is 46.2 Å². The molecule has 0 aliphatic heterocycles. The first-order valence-electron chi connectivity index (χ1n) is 6.70. The van der Waals surface area contributed by atoms with Crippen molar-refractivity contribution in [2.75, 3.05) is 0 Å². The molecule has 0 saturated heterocycles. The van der Waals surface area contributed by atoms with Crippen LogP contribution >= 0.6 is 0 Å². The Kier molecular flexibility index (Phi) is 5.32. The molecule has 2 aromatic carbocycles. The molecule has 2 rings (SSSR count). The maximum atomic E-state index is 13.0. The van der Waals surface area contributed by atoms with Gasteiger partial charge >= 0.3 is 6.18 Å². The van der Waals surface area contributed by atoms with E-state index in [-0.39, 0.29) is 15.4 Å². The molecule has 24 heavy (non-hydrogen) atoms. The number of carbonyl (C=O) groups is 1. The van der Waals surface area contributed by atoms with E-state index < -0.39 is 22.9 Å². The zero-order chi connectivity index (χ0) is 17.9. The van der Waals surface area contributed by atoms with Crippen LogP contribution in [-0.2, 0) is 22.1 Å². The van der Waals surface area contributed by atoms with Crippen LogP contribution in [0.4, 0.5) is 13.2 Å². The van der Waals surface area contributed by atoms with Crippen LogP contribution < -0.4 is 0 Å². The third-order valence-corrected chi connectivity index (χ3v) is 4.90. The lowest BCUT2D eigenvalue weighted by atomic mass is 10.0. The van der Waals surface area contributed by atoms with E-state index in [2.05, 4.69) is 0 Å². The van der Waals surface area contributed by atoms with Crippen molar-refractivity contribution in [3.8, 4) is 6.07 Å². The number of alkyl halides is 3. The molecule has 0 aliphatic rings. The van der Waals surface area contributed by atoms with Crippen LogP contribution in [0.25, 0.3) is 0 Å². The van der Waals surface area contributed by atoms with Gasteiger partial charge in [-0.1, -0.05) is 0 Å². The van der Waals surface area contributed by atoms with Crippen molar-refractivity contribution < 1.29 is 22.5 Å². The summed E-state index contributed by atoms with van der Waals surface area (Å²) in [5.41, 5.74) is -0.223. The van der Waals surface area contributed by atoms with Crippen molar-refractivity contribution in [3.63, 3.8) is 0 Å². The summed E-state index contributed by atoms with van der Waals surface area (Å²) in [5, 5.41) is 8.76. The van der Waals surface area contributed by atoms with Crippen LogP contribution in [0.5, 0.6) is 0 Å². The van der Waals surface area contributed by atoms with Crippen LogP contribution in [0.1, 0.15) is 22.3 Å². The molecule has 0 amide bonds. The third kappa shape index (κ3) is 3.78. The second-order valence-electron chi connectivity index (χ2n) is 4.89. The second kappa shape index (κ2) is 7.07. The first kappa shape index (κ1) is 18.0. The lowest BCUT2D eigenvalue weighted by molar-refractivity contribution is -0.137.